The smallest absolute Gasteiger partial charge is 0.316 e. The van der Waals surface area contributed by atoms with Crippen LogP contribution < -0.4 is 0 Å². The van der Waals surface area contributed by atoms with Gasteiger partial charge in [-0.15, -0.1) is 0 Å². The van der Waals surface area contributed by atoms with Gasteiger partial charge >= 0.3 is 5.97 Å². The first-order valence-electron chi connectivity index (χ1n) is 6.20. The third-order valence-electron chi connectivity index (χ3n) is 3.61. The minimum absolute atomic E-state index is 0.210. The second kappa shape index (κ2) is 5.22. The molecule has 1 fully saturated rings. The molecule has 0 N–H and O–H groups in total. The van der Waals surface area contributed by atoms with E-state index in [1.807, 2.05) is 0 Å². The molecule has 1 aromatic heterocycles. The lowest BCUT2D eigenvalue weighted by Gasteiger charge is -2.44. The molecule has 4 heteroatoms. The van der Waals surface area contributed by atoms with E-state index in [4.69, 9.17) is 16.3 Å². The first kappa shape index (κ1) is 13.9. The van der Waals surface area contributed by atoms with Gasteiger partial charge in [0.1, 0.15) is 5.69 Å². The molecule has 1 saturated carbocycles. The zero-order chi connectivity index (χ0) is 14.0. The summed E-state index contributed by atoms with van der Waals surface area (Å²) in [5.74, 6) is 5.89. The molecule has 0 atom stereocenters. The Morgan fingerprint density at radius 1 is 1.58 bits per heavy atom. The van der Waals surface area contributed by atoms with Gasteiger partial charge in [-0.05, 0) is 43.2 Å². The molecule has 1 aliphatic carbocycles. The largest absolute Gasteiger partial charge is 0.468 e. The molecule has 1 heterocycles. The van der Waals surface area contributed by atoms with E-state index in [9.17, 15) is 4.79 Å². The highest BCUT2D eigenvalue weighted by Crippen LogP contribution is 2.48. The molecule has 1 aliphatic rings. The van der Waals surface area contributed by atoms with E-state index < -0.39 is 5.41 Å². The zero-order valence-electron chi connectivity index (χ0n) is 11.3. The van der Waals surface area contributed by atoms with Gasteiger partial charge in [-0.25, -0.2) is 4.98 Å². The number of pyridine rings is 1. The van der Waals surface area contributed by atoms with E-state index >= 15 is 0 Å². The van der Waals surface area contributed by atoms with Crippen LogP contribution in [0.1, 0.15) is 37.9 Å². The molecule has 0 bridgehead atoms. The van der Waals surface area contributed by atoms with Gasteiger partial charge in [0.25, 0.3) is 0 Å². The maximum atomic E-state index is 12.1. The van der Waals surface area contributed by atoms with Crippen molar-refractivity contribution in [3.8, 4) is 11.8 Å². The highest BCUT2D eigenvalue weighted by molar-refractivity contribution is 6.31. The van der Waals surface area contributed by atoms with Crippen LogP contribution in [0.5, 0.6) is 0 Å². The molecule has 19 heavy (non-hydrogen) atoms. The molecular formula is C15H16ClNO2. The van der Waals surface area contributed by atoms with Crippen molar-refractivity contribution < 1.29 is 9.53 Å². The van der Waals surface area contributed by atoms with Gasteiger partial charge in [-0.2, -0.15) is 0 Å². The number of carbonyl (C=O) groups is 1. The fourth-order valence-corrected chi connectivity index (χ4v) is 2.97. The summed E-state index contributed by atoms with van der Waals surface area (Å²) in [5.41, 5.74) is 0.785. The van der Waals surface area contributed by atoms with Gasteiger partial charge in [-0.1, -0.05) is 24.4 Å². The van der Waals surface area contributed by atoms with Gasteiger partial charge in [0.15, 0.2) is 0 Å². The topological polar surface area (TPSA) is 39.2 Å². The minimum Gasteiger partial charge on any atom is -0.468 e. The number of methoxy groups -OCH3 is 1. The number of nitrogens with zero attached hydrogens (tertiary/aromatic N) is 1. The number of ether oxygens (including phenoxy) is 1. The minimum atomic E-state index is -0.580. The Bertz CT molecular complexity index is 565. The highest BCUT2D eigenvalue weighted by atomic mass is 35.5. The fourth-order valence-electron chi connectivity index (χ4n) is 2.76. The van der Waals surface area contributed by atoms with Crippen LogP contribution >= 0.6 is 11.6 Å². The van der Waals surface area contributed by atoms with Crippen molar-refractivity contribution in [1.82, 2.24) is 4.98 Å². The fraction of sp³-hybridized carbons (Fsp3) is 0.467. The van der Waals surface area contributed by atoms with E-state index in [0.717, 1.165) is 18.4 Å². The van der Waals surface area contributed by atoms with Crippen molar-refractivity contribution >= 4 is 17.6 Å². The third-order valence-corrected chi connectivity index (χ3v) is 3.90. The lowest BCUT2D eigenvalue weighted by molar-refractivity contribution is -0.153. The van der Waals surface area contributed by atoms with Crippen molar-refractivity contribution in [2.24, 2.45) is 5.92 Å². The Balaban J connectivity index is 2.41. The van der Waals surface area contributed by atoms with Crippen molar-refractivity contribution in [2.75, 3.05) is 7.11 Å². The SMILES string of the molecule is CC#Cc1ncc(C2(C(=O)OC)CC(C)C2)cc1Cl. The lowest BCUT2D eigenvalue weighted by atomic mass is 9.59. The quantitative estimate of drug-likeness (QED) is 0.616. The molecule has 0 amide bonds. The Hall–Kier alpha value is -1.53. The van der Waals surface area contributed by atoms with Crippen LogP contribution in [0.15, 0.2) is 12.3 Å². The summed E-state index contributed by atoms with van der Waals surface area (Å²) in [6.45, 7) is 3.85. The first-order valence-corrected chi connectivity index (χ1v) is 6.58. The average Bonchev–Trinajstić information content (AvgIpc) is 2.36. The number of carbonyl (C=O) groups excluding carboxylic acids is 1. The molecular weight excluding hydrogens is 262 g/mol. The number of esters is 1. The van der Waals surface area contributed by atoms with Gasteiger partial charge in [0.2, 0.25) is 0 Å². The second-order valence-electron chi connectivity index (χ2n) is 5.02. The predicted octanol–water partition coefficient (Wildman–Crippen LogP) is 2.95. The van der Waals surface area contributed by atoms with E-state index in [-0.39, 0.29) is 5.97 Å². The predicted molar refractivity (Wildman–Crippen MR) is 73.9 cm³/mol. The summed E-state index contributed by atoms with van der Waals surface area (Å²) in [6.07, 6.45) is 3.24. The zero-order valence-corrected chi connectivity index (χ0v) is 12.0. The van der Waals surface area contributed by atoms with Crippen LogP contribution in [0.4, 0.5) is 0 Å². The summed E-state index contributed by atoms with van der Waals surface area (Å²) >= 11 is 6.16. The van der Waals surface area contributed by atoms with Crippen LogP contribution in [0.2, 0.25) is 5.02 Å². The number of aromatic nitrogens is 1. The first-order chi connectivity index (χ1) is 9.03. The molecule has 0 spiro atoms. The number of hydrogen-bond donors (Lipinski definition) is 0. The summed E-state index contributed by atoms with van der Waals surface area (Å²) in [7, 11) is 1.42. The summed E-state index contributed by atoms with van der Waals surface area (Å²) in [6, 6.07) is 1.79. The molecule has 2 rings (SSSR count). The molecule has 1 aromatic rings. The van der Waals surface area contributed by atoms with Gasteiger partial charge in [-0.3, -0.25) is 4.79 Å². The molecule has 0 aliphatic heterocycles. The van der Waals surface area contributed by atoms with Crippen molar-refractivity contribution in [1.29, 1.82) is 0 Å². The van der Waals surface area contributed by atoms with Crippen molar-refractivity contribution in [3.05, 3.63) is 28.5 Å². The van der Waals surface area contributed by atoms with Gasteiger partial charge in [0.05, 0.1) is 17.5 Å². The van der Waals surface area contributed by atoms with Crippen molar-refractivity contribution in [3.63, 3.8) is 0 Å². The summed E-state index contributed by atoms with van der Waals surface area (Å²) in [5, 5.41) is 0.481. The lowest BCUT2D eigenvalue weighted by Crippen LogP contribution is -2.47. The van der Waals surface area contributed by atoms with Gasteiger partial charge < -0.3 is 4.74 Å². The Morgan fingerprint density at radius 2 is 2.26 bits per heavy atom. The maximum absolute atomic E-state index is 12.1. The molecule has 0 saturated heterocycles. The normalized spacial score (nSPS) is 24.9. The number of rotatable bonds is 2. The number of halogens is 1. The van der Waals surface area contributed by atoms with Crippen LogP contribution in [-0.2, 0) is 14.9 Å². The number of hydrogen-bond acceptors (Lipinski definition) is 3. The van der Waals surface area contributed by atoms with Gasteiger partial charge in [0, 0.05) is 6.20 Å². The average molecular weight is 278 g/mol. The van der Waals surface area contributed by atoms with Crippen molar-refractivity contribution in [2.45, 2.75) is 32.1 Å². The monoisotopic (exact) mass is 277 g/mol. The standard InChI is InChI=1S/C15H16ClNO2/c1-4-5-13-12(16)6-11(9-17-13)15(14(18)19-3)7-10(2)8-15/h6,9-10H,7-8H2,1-3H3. The van der Waals surface area contributed by atoms with Crippen LogP contribution in [-0.4, -0.2) is 18.1 Å². The highest BCUT2D eigenvalue weighted by Gasteiger charge is 2.51. The Labute approximate surface area is 118 Å². The van der Waals surface area contributed by atoms with E-state index in [1.165, 1.54) is 7.11 Å². The van der Waals surface area contributed by atoms with Crippen LogP contribution in [0.3, 0.4) is 0 Å². The Kier molecular flexibility index (Phi) is 3.82. The van der Waals surface area contributed by atoms with Crippen LogP contribution in [0.25, 0.3) is 0 Å². The Morgan fingerprint density at radius 3 is 2.74 bits per heavy atom. The third kappa shape index (κ3) is 2.33. The molecule has 0 radical (unpaired) electrons. The summed E-state index contributed by atoms with van der Waals surface area (Å²) in [4.78, 5) is 16.3. The maximum Gasteiger partial charge on any atom is 0.316 e. The van der Waals surface area contributed by atoms with E-state index in [2.05, 4.69) is 23.7 Å². The summed E-state index contributed by atoms with van der Waals surface area (Å²) < 4.78 is 4.94. The van der Waals surface area contributed by atoms with E-state index in [1.54, 1.807) is 19.2 Å². The second-order valence-corrected chi connectivity index (χ2v) is 5.42. The molecule has 0 unspecified atom stereocenters. The van der Waals surface area contributed by atoms with E-state index in [0.29, 0.717) is 16.6 Å². The molecule has 100 valence electrons. The molecule has 0 aromatic carbocycles. The molecule has 3 nitrogen and oxygen atoms in total. The van der Waals surface area contributed by atoms with Crippen LogP contribution in [0, 0.1) is 17.8 Å².